The van der Waals surface area contributed by atoms with Crippen LogP contribution in [0, 0.1) is 0 Å². The molecule has 1 aliphatic rings. The van der Waals surface area contributed by atoms with Gasteiger partial charge in [-0.25, -0.2) is 8.42 Å². The number of sulfone groups is 1. The highest BCUT2D eigenvalue weighted by Gasteiger charge is 2.29. The van der Waals surface area contributed by atoms with E-state index in [0.29, 0.717) is 12.1 Å². The molecule has 0 amide bonds. The maximum atomic E-state index is 11.6. The summed E-state index contributed by atoms with van der Waals surface area (Å²) in [7, 11) is -2.88. The van der Waals surface area contributed by atoms with Crippen molar-refractivity contribution in [1.29, 1.82) is 0 Å². The molecule has 1 fully saturated rings. The smallest absolute Gasteiger partial charge is 0.150 e. The molecule has 0 aliphatic heterocycles. The van der Waals surface area contributed by atoms with Gasteiger partial charge in [0.1, 0.15) is 9.84 Å². The zero-order valence-electron chi connectivity index (χ0n) is 11.6. The summed E-state index contributed by atoms with van der Waals surface area (Å²) in [6.45, 7) is 2.18. The second kappa shape index (κ2) is 6.37. The first kappa shape index (κ1) is 15.0. The summed E-state index contributed by atoms with van der Waals surface area (Å²) < 4.78 is 23.3. The second-order valence-corrected chi connectivity index (χ2v) is 9.02. The Morgan fingerprint density at radius 1 is 1.47 bits per heavy atom. The largest absolute Gasteiger partial charge is 0.311 e. The van der Waals surface area contributed by atoms with Crippen molar-refractivity contribution in [3.8, 4) is 0 Å². The summed E-state index contributed by atoms with van der Waals surface area (Å²) in [6.07, 6.45) is 6.11. The first-order valence-corrected chi connectivity index (χ1v) is 9.76. The monoisotopic (exact) mass is 301 g/mol. The molecule has 1 aromatic rings. The van der Waals surface area contributed by atoms with Crippen LogP contribution in [0.4, 0.5) is 0 Å². The van der Waals surface area contributed by atoms with E-state index in [1.807, 2.05) is 0 Å². The summed E-state index contributed by atoms with van der Waals surface area (Å²) in [5.74, 6) is 0. The van der Waals surface area contributed by atoms with Crippen LogP contribution in [0.3, 0.4) is 0 Å². The van der Waals surface area contributed by atoms with Gasteiger partial charge >= 0.3 is 0 Å². The van der Waals surface area contributed by atoms with Gasteiger partial charge in [0.2, 0.25) is 0 Å². The molecular weight excluding hydrogens is 278 g/mol. The number of nitrogens with one attached hydrogen (secondary N) is 1. The highest BCUT2D eigenvalue weighted by atomic mass is 32.2. The number of hydrogen-bond donors (Lipinski definition) is 1. The van der Waals surface area contributed by atoms with Gasteiger partial charge in [0, 0.05) is 23.2 Å². The summed E-state index contributed by atoms with van der Waals surface area (Å²) in [6, 6.07) is 4.99. The minimum Gasteiger partial charge on any atom is -0.311 e. The Balaban J connectivity index is 1.85. The zero-order valence-corrected chi connectivity index (χ0v) is 13.3. The molecule has 1 heterocycles. The average molecular weight is 301 g/mol. The minimum absolute atomic E-state index is 0.146. The van der Waals surface area contributed by atoms with E-state index in [4.69, 9.17) is 0 Å². The second-order valence-electron chi connectivity index (χ2n) is 5.67. The number of hydrogen-bond acceptors (Lipinski definition) is 4. The molecule has 5 heteroatoms. The first-order valence-electron chi connectivity index (χ1n) is 6.92. The van der Waals surface area contributed by atoms with Crippen LogP contribution in [0.1, 0.15) is 37.5 Å². The van der Waals surface area contributed by atoms with E-state index in [9.17, 15) is 8.42 Å². The van der Waals surface area contributed by atoms with Gasteiger partial charge in [-0.15, -0.1) is 11.3 Å². The van der Waals surface area contributed by atoms with E-state index in [1.54, 1.807) is 11.3 Å². The van der Waals surface area contributed by atoms with Gasteiger partial charge < -0.3 is 5.32 Å². The Hall–Kier alpha value is -0.390. The molecule has 3 unspecified atom stereocenters. The summed E-state index contributed by atoms with van der Waals surface area (Å²) in [4.78, 5) is 1.38. The van der Waals surface area contributed by atoms with Crippen molar-refractivity contribution in [3.63, 3.8) is 0 Å². The fourth-order valence-corrected chi connectivity index (χ4v) is 4.89. The molecule has 3 atom stereocenters. The first-order chi connectivity index (χ1) is 8.95. The molecule has 0 radical (unpaired) electrons. The number of rotatable bonds is 5. The van der Waals surface area contributed by atoms with E-state index >= 15 is 0 Å². The maximum Gasteiger partial charge on any atom is 0.150 e. The van der Waals surface area contributed by atoms with E-state index in [1.165, 1.54) is 11.1 Å². The minimum atomic E-state index is -2.88. The molecule has 1 aromatic heterocycles. The van der Waals surface area contributed by atoms with Gasteiger partial charge in [0.25, 0.3) is 0 Å². The predicted molar refractivity (Wildman–Crippen MR) is 81.5 cm³/mol. The van der Waals surface area contributed by atoms with Crippen LogP contribution in [-0.2, 0) is 16.3 Å². The van der Waals surface area contributed by atoms with Gasteiger partial charge in [0.15, 0.2) is 0 Å². The third-order valence-electron chi connectivity index (χ3n) is 3.84. The third kappa shape index (κ3) is 4.58. The summed E-state index contributed by atoms with van der Waals surface area (Å²) in [5.41, 5.74) is 0. The van der Waals surface area contributed by atoms with Crippen molar-refractivity contribution in [2.24, 2.45) is 0 Å². The fraction of sp³-hybridized carbons (Fsp3) is 0.714. The Morgan fingerprint density at radius 3 is 2.89 bits per heavy atom. The Bertz CT molecular complexity index is 482. The average Bonchev–Trinajstić information content (AvgIpc) is 2.80. The maximum absolute atomic E-state index is 11.6. The summed E-state index contributed by atoms with van der Waals surface area (Å²) >= 11 is 1.78. The Kier molecular flexibility index (Phi) is 5.03. The predicted octanol–water partition coefficient (Wildman–Crippen LogP) is 2.62. The van der Waals surface area contributed by atoms with Crippen LogP contribution in [0.25, 0.3) is 0 Å². The molecule has 0 saturated heterocycles. The highest BCUT2D eigenvalue weighted by molar-refractivity contribution is 7.91. The lowest BCUT2D eigenvalue weighted by Gasteiger charge is -2.31. The molecule has 0 aromatic carbocycles. The van der Waals surface area contributed by atoms with E-state index in [-0.39, 0.29) is 5.25 Å². The molecule has 1 N–H and O–H groups in total. The molecule has 108 valence electrons. The Labute approximate surface area is 120 Å². The quantitative estimate of drug-likeness (QED) is 0.909. The van der Waals surface area contributed by atoms with Crippen molar-refractivity contribution in [1.82, 2.24) is 5.32 Å². The van der Waals surface area contributed by atoms with Crippen LogP contribution in [-0.4, -0.2) is 32.0 Å². The molecule has 1 saturated carbocycles. The lowest BCUT2D eigenvalue weighted by molar-refractivity contribution is 0.343. The lowest BCUT2D eigenvalue weighted by atomic mass is 9.94. The third-order valence-corrected chi connectivity index (χ3v) is 6.38. The van der Waals surface area contributed by atoms with E-state index in [0.717, 1.165) is 32.1 Å². The van der Waals surface area contributed by atoms with Crippen molar-refractivity contribution >= 4 is 21.2 Å². The van der Waals surface area contributed by atoms with E-state index < -0.39 is 9.84 Å². The number of thiophene rings is 1. The molecule has 0 bridgehead atoms. The SMILES string of the molecule is CC(Cc1cccs1)NC1CCCC(S(C)(=O)=O)C1. The van der Waals surface area contributed by atoms with Gasteiger partial charge in [0.05, 0.1) is 5.25 Å². The van der Waals surface area contributed by atoms with Crippen molar-refractivity contribution in [2.75, 3.05) is 6.26 Å². The van der Waals surface area contributed by atoms with Gasteiger partial charge in [-0.05, 0) is 44.1 Å². The fourth-order valence-electron chi connectivity index (χ4n) is 2.88. The Morgan fingerprint density at radius 2 is 2.26 bits per heavy atom. The standard InChI is InChI=1S/C14H23NO2S2/c1-11(9-13-6-4-8-18-13)15-12-5-3-7-14(10-12)19(2,16)17/h4,6,8,11-12,14-15H,3,5,7,9-10H2,1-2H3. The molecule has 3 nitrogen and oxygen atoms in total. The normalized spacial score (nSPS) is 26.2. The molecule has 0 spiro atoms. The van der Waals surface area contributed by atoms with Gasteiger partial charge in [-0.3, -0.25) is 0 Å². The zero-order chi connectivity index (χ0) is 13.9. The topological polar surface area (TPSA) is 46.2 Å². The van der Waals surface area contributed by atoms with Gasteiger partial charge in [-0.1, -0.05) is 12.5 Å². The van der Waals surface area contributed by atoms with Crippen molar-refractivity contribution in [2.45, 2.75) is 56.4 Å². The van der Waals surface area contributed by atoms with Crippen molar-refractivity contribution in [3.05, 3.63) is 22.4 Å². The van der Waals surface area contributed by atoms with Crippen LogP contribution in [0.15, 0.2) is 17.5 Å². The van der Waals surface area contributed by atoms with Crippen molar-refractivity contribution < 1.29 is 8.42 Å². The van der Waals surface area contributed by atoms with E-state index in [2.05, 4.69) is 29.8 Å². The molecule has 19 heavy (non-hydrogen) atoms. The molecule has 1 aliphatic carbocycles. The molecular formula is C14H23NO2S2. The van der Waals surface area contributed by atoms with Crippen LogP contribution in [0.2, 0.25) is 0 Å². The van der Waals surface area contributed by atoms with Crippen LogP contribution in [0.5, 0.6) is 0 Å². The van der Waals surface area contributed by atoms with Crippen LogP contribution < -0.4 is 5.32 Å². The molecule has 2 rings (SSSR count). The highest BCUT2D eigenvalue weighted by Crippen LogP contribution is 2.24. The van der Waals surface area contributed by atoms with Gasteiger partial charge in [-0.2, -0.15) is 0 Å². The lowest BCUT2D eigenvalue weighted by Crippen LogP contribution is -2.43. The van der Waals surface area contributed by atoms with Crippen LogP contribution >= 0.6 is 11.3 Å². The summed E-state index contributed by atoms with van der Waals surface area (Å²) in [5, 5.41) is 5.56.